The summed E-state index contributed by atoms with van der Waals surface area (Å²) < 4.78 is 30.8. The highest BCUT2D eigenvalue weighted by Crippen LogP contribution is 2.27. The van der Waals surface area contributed by atoms with E-state index >= 15 is 0 Å². The minimum atomic E-state index is -3.54. The van der Waals surface area contributed by atoms with Gasteiger partial charge in [-0.1, -0.05) is 23.8 Å². The molecule has 1 aliphatic heterocycles. The van der Waals surface area contributed by atoms with Crippen LogP contribution in [-0.2, 0) is 16.6 Å². The molecule has 2 aromatic heterocycles. The number of pyridine rings is 1. The van der Waals surface area contributed by atoms with Crippen molar-refractivity contribution in [2.75, 3.05) is 26.2 Å². The Morgan fingerprint density at radius 3 is 2.08 bits per heavy atom. The van der Waals surface area contributed by atoms with Crippen LogP contribution in [0.15, 0.2) is 53.6 Å². The average molecular weight is 504 g/mol. The maximum Gasteiger partial charge on any atom is 0.243 e. The second kappa shape index (κ2) is 9.42. The second-order valence-corrected chi connectivity index (χ2v) is 11.8. The van der Waals surface area contributed by atoms with Gasteiger partial charge in [-0.05, 0) is 81.1 Å². The van der Waals surface area contributed by atoms with E-state index in [1.807, 2.05) is 45.0 Å². The molecule has 1 aliphatic rings. The van der Waals surface area contributed by atoms with E-state index in [2.05, 4.69) is 46.5 Å². The first-order valence-electron chi connectivity index (χ1n) is 12.3. The zero-order valence-corrected chi connectivity index (χ0v) is 22.4. The van der Waals surface area contributed by atoms with Gasteiger partial charge in [0, 0.05) is 38.1 Å². The van der Waals surface area contributed by atoms with Crippen molar-refractivity contribution in [2.45, 2.75) is 46.1 Å². The molecule has 0 N–H and O–H groups in total. The zero-order chi connectivity index (χ0) is 25.6. The van der Waals surface area contributed by atoms with Crippen LogP contribution in [0.25, 0.3) is 16.9 Å². The lowest BCUT2D eigenvalue weighted by Crippen LogP contribution is -2.48. The molecule has 3 heterocycles. The molecule has 5 rings (SSSR count). The Hall–Kier alpha value is -3.07. The van der Waals surface area contributed by atoms with E-state index in [4.69, 9.17) is 4.98 Å². The van der Waals surface area contributed by atoms with E-state index in [0.29, 0.717) is 37.6 Å². The van der Waals surface area contributed by atoms with Gasteiger partial charge in [-0.2, -0.15) is 4.31 Å². The highest BCUT2D eigenvalue weighted by Gasteiger charge is 2.31. The molecule has 2 aromatic carbocycles. The Balaban J connectivity index is 1.40. The summed E-state index contributed by atoms with van der Waals surface area (Å²) in [5.74, 6) is 0.912. The van der Waals surface area contributed by atoms with Crippen LogP contribution in [0, 0.1) is 34.6 Å². The van der Waals surface area contributed by atoms with Crippen LogP contribution in [0.2, 0.25) is 0 Å². The first-order chi connectivity index (χ1) is 17.1. The third-order valence-electron chi connectivity index (χ3n) is 6.85. The number of hydrogen-bond donors (Lipinski definition) is 0. The van der Waals surface area contributed by atoms with Crippen molar-refractivity contribution in [2.24, 2.45) is 0 Å². The van der Waals surface area contributed by atoms with Gasteiger partial charge in [0.25, 0.3) is 0 Å². The van der Waals surface area contributed by atoms with Crippen molar-refractivity contribution in [3.8, 4) is 5.69 Å². The van der Waals surface area contributed by atoms with Crippen LogP contribution in [-0.4, -0.2) is 58.3 Å². The topological polar surface area (TPSA) is 71.3 Å². The summed E-state index contributed by atoms with van der Waals surface area (Å²) in [5, 5.41) is 0. The molecule has 8 heteroatoms. The van der Waals surface area contributed by atoms with Gasteiger partial charge in [-0.15, -0.1) is 0 Å². The van der Waals surface area contributed by atoms with Gasteiger partial charge in [0.1, 0.15) is 11.3 Å². The Morgan fingerprint density at radius 2 is 1.44 bits per heavy atom. The molecule has 188 valence electrons. The monoisotopic (exact) mass is 503 g/mol. The molecule has 0 saturated carbocycles. The van der Waals surface area contributed by atoms with Crippen molar-refractivity contribution in [3.05, 3.63) is 82.3 Å². The fourth-order valence-corrected chi connectivity index (χ4v) is 7.28. The highest BCUT2D eigenvalue weighted by atomic mass is 32.2. The molecule has 0 unspecified atom stereocenters. The largest absolute Gasteiger partial charge is 0.293 e. The van der Waals surface area contributed by atoms with Gasteiger partial charge < -0.3 is 0 Å². The van der Waals surface area contributed by atoms with E-state index in [-0.39, 0.29) is 0 Å². The first-order valence-corrected chi connectivity index (χ1v) is 13.8. The van der Waals surface area contributed by atoms with Gasteiger partial charge >= 0.3 is 0 Å². The predicted octanol–water partition coefficient (Wildman–Crippen LogP) is 4.47. The Labute approximate surface area is 213 Å². The molecule has 0 spiro atoms. The standard InChI is InChI=1S/C28H33N5O2S/c1-19-13-20(2)17-24(16-19)33-26(30-25-7-6-8-29-28(25)33)18-31-9-11-32(12-10-31)36(34,35)27-22(4)14-21(3)15-23(27)5/h6-8,13-17H,9-12,18H2,1-5H3. The Morgan fingerprint density at radius 1 is 0.833 bits per heavy atom. The third kappa shape index (κ3) is 4.56. The SMILES string of the molecule is Cc1cc(C)cc(-n2c(CN3CCN(S(=O)(=O)c4c(C)cc(C)cc4C)CC3)nc3cccnc32)c1. The van der Waals surface area contributed by atoms with E-state index in [1.54, 1.807) is 10.5 Å². The molecule has 36 heavy (non-hydrogen) atoms. The number of nitrogens with zero attached hydrogens (tertiary/aromatic N) is 5. The maximum absolute atomic E-state index is 13.5. The summed E-state index contributed by atoms with van der Waals surface area (Å²) >= 11 is 0. The van der Waals surface area contributed by atoms with Crippen LogP contribution in [0.5, 0.6) is 0 Å². The molecular weight excluding hydrogens is 470 g/mol. The second-order valence-electron chi connectivity index (χ2n) is 9.96. The Kier molecular flexibility index (Phi) is 6.44. The normalized spacial score (nSPS) is 15.6. The summed E-state index contributed by atoms with van der Waals surface area (Å²) in [6, 6.07) is 14.3. The maximum atomic E-state index is 13.5. The van der Waals surface area contributed by atoms with Gasteiger partial charge in [-0.25, -0.2) is 18.4 Å². The molecule has 0 radical (unpaired) electrons. The summed E-state index contributed by atoms with van der Waals surface area (Å²) in [4.78, 5) is 12.3. The number of piperazine rings is 1. The number of rotatable bonds is 5. The molecule has 1 fully saturated rings. The lowest BCUT2D eigenvalue weighted by Gasteiger charge is -2.34. The van der Waals surface area contributed by atoms with Crippen LogP contribution in [0.1, 0.15) is 33.6 Å². The van der Waals surface area contributed by atoms with E-state index in [9.17, 15) is 8.42 Å². The number of fused-ring (bicyclic) bond motifs is 1. The molecule has 0 bridgehead atoms. The van der Waals surface area contributed by atoms with E-state index < -0.39 is 10.0 Å². The van der Waals surface area contributed by atoms with Crippen molar-refractivity contribution in [1.82, 2.24) is 23.7 Å². The molecule has 1 saturated heterocycles. The van der Waals surface area contributed by atoms with Crippen LogP contribution in [0.3, 0.4) is 0 Å². The molecule has 4 aromatic rings. The van der Waals surface area contributed by atoms with Crippen LogP contribution >= 0.6 is 0 Å². The quantitative estimate of drug-likeness (QED) is 0.402. The van der Waals surface area contributed by atoms with Crippen molar-refractivity contribution in [1.29, 1.82) is 0 Å². The van der Waals surface area contributed by atoms with E-state index in [0.717, 1.165) is 39.4 Å². The minimum Gasteiger partial charge on any atom is -0.293 e. The van der Waals surface area contributed by atoms with E-state index in [1.165, 1.54) is 11.1 Å². The zero-order valence-electron chi connectivity index (χ0n) is 21.6. The van der Waals surface area contributed by atoms with Gasteiger partial charge in [-0.3, -0.25) is 9.47 Å². The first kappa shape index (κ1) is 24.6. The minimum absolute atomic E-state index is 0.448. The molecule has 0 aliphatic carbocycles. The number of benzene rings is 2. The fraction of sp³-hybridized carbons (Fsp3) is 0.357. The summed E-state index contributed by atoms with van der Waals surface area (Å²) in [5.41, 5.74) is 7.82. The summed E-state index contributed by atoms with van der Waals surface area (Å²) in [6.07, 6.45) is 1.80. The number of aromatic nitrogens is 3. The van der Waals surface area contributed by atoms with Crippen molar-refractivity contribution in [3.63, 3.8) is 0 Å². The van der Waals surface area contributed by atoms with Crippen molar-refractivity contribution >= 4 is 21.2 Å². The summed E-state index contributed by atoms with van der Waals surface area (Å²) in [7, 11) is -3.54. The lowest BCUT2D eigenvalue weighted by molar-refractivity contribution is 0.177. The number of hydrogen-bond acceptors (Lipinski definition) is 5. The van der Waals surface area contributed by atoms with Crippen molar-refractivity contribution < 1.29 is 8.42 Å². The summed E-state index contributed by atoms with van der Waals surface area (Å²) in [6.45, 7) is 12.8. The number of sulfonamides is 1. The number of imidazole rings is 1. The fourth-order valence-electron chi connectivity index (χ4n) is 5.45. The van der Waals surface area contributed by atoms with Gasteiger partial charge in [0.2, 0.25) is 10.0 Å². The predicted molar refractivity (Wildman–Crippen MR) is 143 cm³/mol. The Bertz CT molecular complexity index is 1510. The van der Waals surface area contributed by atoms with Gasteiger partial charge in [0.15, 0.2) is 5.65 Å². The molecule has 0 atom stereocenters. The highest BCUT2D eigenvalue weighted by molar-refractivity contribution is 7.89. The molecular formula is C28H33N5O2S. The smallest absolute Gasteiger partial charge is 0.243 e. The molecule has 7 nitrogen and oxygen atoms in total. The third-order valence-corrected chi connectivity index (χ3v) is 9.05. The average Bonchev–Trinajstić information content (AvgIpc) is 3.15. The van der Waals surface area contributed by atoms with Crippen LogP contribution in [0.4, 0.5) is 0 Å². The molecule has 0 amide bonds. The van der Waals surface area contributed by atoms with Gasteiger partial charge in [0.05, 0.1) is 11.4 Å². The lowest BCUT2D eigenvalue weighted by atomic mass is 10.1. The van der Waals surface area contributed by atoms with Crippen LogP contribution < -0.4 is 0 Å². The number of aryl methyl sites for hydroxylation is 5.